The van der Waals surface area contributed by atoms with Gasteiger partial charge in [0, 0.05) is 0 Å². The molecule has 0 aromatic rings. The van der Waals surface area contributed by atoms with Crippen molar-refractivity contribution in [3.05, 3.63) is 72.7 Å². The Kier molecular flexibility index (Phi) is 15.3. The quantitative estimate of drug-likeness (QED) is 0.191. The summed E-state index contributed by atoms with van der Waals surface area (Å²) >= 11 is 0. The van der Waals surface area contributed by atoms with Gasteiger partial charge in [0.15, 0.2) is 0 Å². The zero-order valence-corrected chi connectivity index (χ0v) is 23.1. The Balaban J connectivity index is 4.66. The molecule has 0 nitrogen and oxygen atoms in total. The van der Waals surface area contributed by atoms with Crippen molar-refractivity contribution in [1.29, 1.82) is 0 Å². The van der Waals surface area contributed by atoms with Crippen molar-refractivity contribution in [2.45, 2.75) is 93.9 Å². The standard InChI is InChI=1S/C32H53F/c1-22(2)13-15-24(5)25(6)17-18-26(7)27(8)19-20-29(10)31(12)32(33)21-30(11)28(9)16-14-23(3)4/h17-18,21-24,27-29H,6-7,11-16,19-20H2,1-5,8-10H3/b18-17-,32-21+. The van der Waals surface area contributed by atoms with Crippen molar-refractivity contribution >= 4 is 0 Å². The van der Waals surface area contributed by atoms with Crippen molar-refractivity contribution < 1.29 is 4.39 Å². The Morgan fingerprint density at radius 3 is 1.27 bits per heavy atom. The highest BCUT2D eigenvalue weighted by Crippen LogP contribution is 2.29. The molecule has 0 aliphatic rings. The van der Waals surface area contributed by atoms with Gasteiger partial charge < -0.3 is 0 Å². The SMILES string of the molecule is C=C(/C=C\C(=C)C(C)CCC(C)C(=C)/C(F)=C\C(=C)C(C)CCC(C)C)C(C)CCC(C)C. The first kappa shape index (κ1) is 31.4. The molecule has 0 amide bonds. The molecule has 0 heterocycles. The van der Waals surface area contributed by atoms with E-state index in [1.165, 1.54) is 18.4 Å². The average Bonchev–Trinajstić information content (AvgIpc) is 2.75. The first-order chi connectivity index (χ1) is 15.3. The predicted molar refractivity (Wildman–Crippen MR) is 149 cm³/mol. The van der Waals surface area contributed by atoms with Crippen LogP contribution in [-0.4, -0.2) is 0 Å². The molecule has 1 heteroatoms. The van der Waals surface area contributed by atoms with Gasteiger partial charge in [-0.3, -0.25) is 0 Å². The Hall–Kier alpha value is -1.63. The van der Waals surface area contributed by atoms with Crippen LogP contribution in [0, 0.1) is 35.5 Å². The molecule has 4 atom stereocenters. The molecule has 188 valence electrons. The summed E-state index contributed by atoms with van der Waals surface area (Å²) in [5.41, 5.74) is 3.71. The fourth-order valence-electron chi connectivity index (χ4n) is 3.57. The van der Waals surface area contributed by atoms with Crippen molar-refractivity contribution in [3.8, 4) is 0 Å². The second kappa shape index (κ2) is 16.1. The summed E-state index contributed by atoms with van der Waals surface area (Å²) in [7, 11) is 0. The minimum absolute atomic E-state index is 0.0882. The van der Waals surface area contributed by atoms with E-state index < -0.39 is 0 Å². The Morgan fingerprint density at radius 1 is 0.545 bits per heavy atom. The van der Waals surface area contributed by atoms with Crippen LogP contribution in [0.25, 0.3) is 0 Å². The van der Waals surface area contributed by atoms with Crippen LogP contribution in [0.15, 0.2) is 72.7 Å². The molecule has 0 saturated heterocycles. The fourth-order valence-corrected chi connectivity index (χ4v) is 3.57. The average molecular weight is 457 g/mol. The van der Waals surface area contributed by atoms with E-state index in [0.717, 1.165) is 42.7 Å². The lowest BCUT2D eigenvalue weighted by Crippen LogP contribution is -2.05. The monoisotopic (exact) mass is 456 g/mol. The van der Waals surface area contributed by atoms with Crippen molar-refractivity contribution in [3.63, 3.8) is 0 Å². The third-order valence-electron chi connectivity index (χ3n) is 7.01. The minimum Gasteiger partial charge on any atom is -0.207 e. The summed E-state index contributed by atoms with van der Waals surface area (Å²) in [5, 5.41) is 0. The molecule has 0 aromatic heterocycles. The van der Waals surface area contributed by atoms with Crippen LogP contribution in [0.5, 0.6) is 0 Å². The summed E-state index contributed by atoms with van der Waals surface area (Å²) in [6.07, 6.45) is 12.2. The second-order valence-electron chi connectivity index (χ2n) is 11.2. The van der Waals surface area contributed by atoms with E-state index in [2.05, 4.69) is 93.9 Å². The van der Waals surface area contributed by atoms with Crippen molar-refractivity contribution in [1.82, 2.24) is 0 Å². The van der Waals surface area contributed by atoms with Gasteiger partial charge in [0.05, 0.1) is 0 Å². The molecule has 0 fully saturated rings. The predicted octanol–water partition coefficient (Wildman–Crippen LogP) is 10.8. The smallest absolute Gasteiger partial charge is 0.126 e. The molecule has 33 heavy (non-hydrogen) atoms. The molecule has 0 saturated carbocycles. The van der Waals surface area contributed by atoms with E-state index in [1.54, 1.807) is 6.08 Å². The van der Waals surface area contributed by atoms with E-state index in [0.29, 0.717) is 29.2 Å². The molecular weight excluding hydrogens is 403 g/mol. The van der Waals surface area contributed by atoms with Gasteiger partial charge in [-0.1, -0.05) is 118 Å². The molecule has 0 aliphatic carbocycles. The van der Waals surface area contributed by atoms with Crippen molar-refractivity contribution in [2.24, 2.45) is 35.5 Å². The first-order valence-corrected chi connectivity index (χ1v) is 13.1. The van der Waals surface area contributed by atoms with Gasteiger partial charge in [0.2, 0.25) is 0 Å². The van der Waals surface area contributed by atoms with E-state index in [-0.39, 0.29) is 11.7 Å². The lowest BCUT2D eigenvalue weighted by molar-refractivity contribution is 0.487. The van der Waals surface area contributed by atoms with Gasteiger partial charge in [-0.05, 0) is 78.4 Å². The lowest BCUT2D eigenvalue weighted by Gasteiger charge is -2.19. The Bertz CT molecular complexity index is 700. The third-order valence-corrected chi connectivity index (χ3v) is 7.01. The lowest BCUT2D eigenvalue weighted by atomic mass is 9.87. The number of allylic oxidation sites excluding steroid dienone is 8. The number of halogens is 1. The number of rotatable bonds is 17. The second-order valence-corrected chi connectivity index (χ2v) is 11.2. The molecule has 4 unspecified atom stereocenters. The van der Waals surface area contributed by atoms with E-state index in [4.69, 9.17) is 0 Å². The maximum absolute atomic E-state index is 14.8. The molecule has 0 aliphatic heterocycles. The molecule has 0 bridgehead atoms. The molecule has 0 radical (unpaired) electrons. The zero-order chi connectivity index (χ0) is 25.7. The van der Waals surface area contributed by atoms with E-state index >= 15 is 0 Å². The Labute approximate surface area is 206 Å². The van der Waals surface area contributed by atoms with Crippen LogP contribution in [0.3, 0.4) is 0 Å². The van der Waals surface area contributed by atoms with Crippen LogP contribution in [0.2, 0.25) is 0 Å². The van der Waals surface area contributed by atoms with Crippen LogP contribution < -0.4 is 0 Å². The highest BCUT2D eigenvalue weighted by atomic mass is 19.1. The Morgan fingerprint density at radius 2 is 0.879 bits per heavy atom. The summed E-state index contributed by atoms with van der Waals surface area (Å²) in [4.78, 5) is 0. The van der Waals surface area contributed by atoms with Gasteiger partial charge in [-0.2, -0.15) is 0 Å². The summed E-state index contributed by atoms with van der Waals surface area (Å²) < 4.78 is 14.8. The van der Waals surface area contributed by atoms with E-state index in [1.807, 2.05) is 0 Å². The molecule has 0 aromatic carbocycles. The molecule has 0 spiro atoms. The van der Waals surface area contributed by atoms with E-state index in [9.17, 15) is 4.39 Å². The van der Waals surface area contributed by atoms with Crippen LogP contribution >= 0.6 is 0 Å². The largest absolute Gasteiger partial charge is 0.207 e. The normalized spacial score (nSPS) is 16.2. The van der Waals surface area contributed by atoms with Gasteiger partial charge >= 0.3 is 0 Å². The van der Waals surface area contributed by atoms with Gasteiger partial charge in [-0.15, -0.1) is 0 Å². The minimum atomic E-state index is -0.220. The number of hydrogen-bond acceptors (Lipinski definition) is 0. The third kappa shape index (κ3) is 13.6. The molecule has 0 rings (SSSR count). The summed E-state index contributed by atoms with van der Waals surface area (Å²) in [6, 6.07) is 0. The highest BCUT2D eigenvalue weighted by Gasteiger charge is 2.15. The summed E-state index contributed by atoms with van der Waals surface area (Å²) in [6.45, 7) is 34.2. The maximum atomic E-state index is 14.8. The van der Waals surface area contributed by atoms with Crippen LogP contribution in [-0.2, 0) is 0 Å². The summed E-state index contributed by atoms with van der Waals surface area (Å²) in [5.74, 6) is 2.37. The van der Waals surface area contributed by atoms with Crippen LogP contribution in [0.1, 0.15) is 93.9 Å². The van der Waals surface area contributed by atoms with Crippen molar-refractivity contribution in [2.75, 3.05) is 0 Å². The highest BCUT2D eigenvalue weighted by molar-refractivity contribution is 5.32. The maximum Gasteiger partial charge on any atom is 0.126 e. The zero-order valence-electron chi connectivity index (χ0n) is 23.1. The topological polar surface area (TPSA) is 0 Å². The number of hydrogen-bond donors (Lipinski definition) is 0. The molecule has 0 N–H and O–H groups in total. The molecular formula is C32H53F. The fraction of sp³-hybridized carbons (Fsp3) is 0.625. The first-order valence-electron chi connectivity index (χ1n) is 13.1. The van der Waals surface area contributed by atoms with Gasteiger partial charge in [-0.25, -0.2) is 4.39 Å². The van der Waals surface area contributed by atoms with Gasteiger partial charge in [0.1, 0.15) is 5.83 Å². The van der Waals surface area contributed by atoms with Gasteiger partial charge in [0.25, 0.3) is 0 Å². The van der Waals surface area contributed by atoms with Crippen LogP contribution in [0.4, 0.5) is 4.39 Å².